The van der Waals surface area contributed by atoms with Crippen LogP contribution >= 0.6 is 23.2 Å². The van der Waals surface area contributed by atoms with Gasteiger partial charge in [-0.3, -0.25) is 13.9 Å². The molecule has 3 aromatic carbocycles. The monoisotopic (exact) mass is 671 g/mol. The molecule has 2 amide bonds. The number of nitrogens with zero attached hydrogens (tertiary/aromatic N) is 2. The van der Waals surface area contributed by atoms with Crippen LogP contribution < -0.4 is 9.62 Å². The summed E-state index contributed by atoms with van der Waals surface area (Å²) in [6.45, 7) is 5.78. The van der Waals surface area contributed by atoms with E-state index in [0.29, 0.717) is 21.3 Å². The maximum atomic E-state index is 14.4. The first-order valence-corrected chi connectivity index (χ1v) is 18.0. The van der Waals surface area contributed by atoms with Crippen molar-refractivity contribution in [1.82, 2.24) is 10.2 Å². The topological polar surface area (TPSA) is 86.8 Å². The summed E-state index contributed by atoms with van der Waals surface area (Å²) in [6.07, 6.45) is 6.33. The van der Waals surface area contributed by atoms with Gasteiger partial charge in [0.05, 0.1) is 22.0 Å². The Morgan fingerprint density at radius 2 is 1.53 bits per heavy atom. The number of rotatable bonds is 11. The van der Waals surface area contributed by atoms with Crippen molar-refractivity contribution in [3.63, 3.8) is 0 Å². The van der Waals surface area contributed by atoms with Gasteiger partial charge >= 0.3 is 0 Å². The van der Waals surface area contributed by atoms with Gasteiger partial charge in [-0.15, -0.1) is 0 Å². The summed E-state index contributed by atoms with van der Waals surface area (Å²) in [5, 5.41) is 3.90. The number of anilines is 1. The van der Waals surface area contributed by atoms with Gasteiger partial charge < -0.3 is 10.2 Å². The van der Waals surface area contributed by atoms with E-state index in [0.717, 1.165) is 53.8 Å². The molecule has 0 radical (unpaired) electrons. The van der Waals surface area contributed by atoms with E-state index in [1.807, 2.05) is 42.5 Å². The normalized spacial score (nSPS) is 14.9. The summed E-state index contributed by atoms with van der Waals surface area (Å²) >= 11 is 12.5. The number of benzene rings is 3. The molecule has 242 valence electrons. The third kappa shape index (κ3) is 9.71. The van der Waals surface area contributed by atoms with Gasteiger partial charge in [0.2, 0.25) is 21.8 Å². The molecular formula is C35H43Cl2N3O4S. The van der Waals surface area contributed by atoms with Crippen LogP contribution in [0.15, 0.2) is 72.8 Å². The quantitative estimate of drug-likeness (QED) is 0.235. The number of carbonyl (C=O) groups is 2. The van der Waals surface area contributed by atoms with Crippen molar-refractivity contribution in [1.29, 1.82) is 0 Å². The van der Waals surface area contributed by atoms with Crippen molar-refractivity contribution in [2.75, 3.05) is 17.1 Å². The third-order valence-electron chi connectivity index (χ3n) is 8.26. The first-order chi connectivity index (χ1) is 21.2. The highest BCUT2D eigenvalue weighted by Crippen LogP contribution is 2.28. The van der Waals surface area contributed by atoms with Gasteiger partial charge in [0.15, 0.2) is 0 Å². The fourth-order valence-corrected chi connectivity index (χ4v) is 6.84. The zero-order valence-corrected chi connectivity index (χ0v) is 28.8. The van der Waals surface area contributed by atoms with Gasteiger partial charge in [0, 0.05) is 19.0 Å². The minimum Gasteiger partial charge on any atom is -0.352 e. The number of amides is 2. The molecule has 0 unspecified atom stereocenters. The Balaban J connectivity index is 1.73. The standard InChI is InChI=1S/C35H43Cl2N3O4S/c1-35(2,3)27-16-18-29(19-17-27)40(45(4,43)44)24-33(41)39(23-26-15-20-30(36)31(37)21-26)32(22-25-11-7-5-8-12-25)34(42)38-28-13-9-6-10-14-28/h5,7-8,11-12,15-21,28,32H,6,9-10,13-14,22-24H2,1-4H3,(H,38,42)/t32-/m1/s1. The van der Waals surface area contributed by atoms with E-state index in [1.165, 1.54) is 4.90 Å². The summed E-state index contributed by atoms with van der Waals surface area (Å²) < 4.78 is 27.3. The van der Waals surface area contributed by atoms with Gasteiger partial charge in [-0.25, -0.2) is 8.42 Å². The molecule has 3 aromatic rings. The molecular weight excluding hydrogens is 629 g/mol. The predicted molar refractivity (Wildman–Crippen MR) is 183 cm³/mol. The van der Waals surface area contributed by atoms with Crippen molar-refractivity contribution in [2.45, 2.75) is 83.3 Å². The zero-order valence-electron chi connectivity index (χ0n) is 26.4. The Hall–Kier alpha value is -3.07. The Kier molecular flexibility index (Phi) is 11.6. The van der Waals surface area contributed by atoms with Crippen LogP contribution in [-0.4, -0.2) is 50.0 Å². The molecule has 1 N–H and O–H groups in total. The third-order valence-corrected chi connectivity index (χ3v) is 10.1. The molecule has 10 heteroatoms. The smallest absolute Gasteiger partial charge is 0.244 e. The van der Waals surface area contributed by atoms with Crippen molar-refractivity contribution in [2.24, 2.45) is 0 Å². The predicted octanol–water partition coefficient (Wildman–Crippen LogP) is 7.15. The van der Waals surface area contributed by atoms with E-state index >= 15 is 0 Å². The number of hydrogen-bond acceptors (Lipinski definition) is 4. The van der Waals surface area contributed by atoms with E-state index in [9.17, 15) is 18.0 Å². The molecule has 0 heterocycles. The summed E-state index contributed by atoms with van der Waals surface area (Å²) in [4.78, 5) is 29.9. The number of sulfonamides is 1. The number of hydrogen-bond donors (Lipinski definition) is 1. The Morgan fingerprint density at radius 1 is 0.889 bits per heavy atom. The number of halogens is 2. The van der Waals surface area contributed by atoms with E-state index < -0.39 is 28.5 Å². The van der Waals surface area contributed by atoms with E-state index in [-0.39, 0.29) is 30.3 Å². The van der Waals surface area contributed by atoms with Crippen LogP contribution in [0.25, 0.3) is 0 Å². The highest BCUT2D eigenvalue weighted by Gasteiger charge is 2.34. The highest BCUT2D eigenvalue weighted by molar-refractivity contribution is 7.92. The van der Waals surface area contributed by atoms with Gasteiger partial charge in [-0.05, 0) is 59.2 Å². The SMILES string of the molecule is CC(C)(C)c1ccc(N(CC(=O)N(Cc2ccc(Cl)c(Cl)c2)[C@H](Cc2ccccc2)C(=O)NC2CCCCC2)S(C)(=O)=O)cc1. The second kappa shape index (κ2) is 15.0. The fraction of sp³-hybridized carbons (Fsp3) is 0.429. The number of carbonyl (C=O) groups excluding carboxylic acids is 2. The largest absolute Gasteiger partial charge is 0.352 e. The average molecular weight is 673 g/mol. The van der Waals surface area contributed by atoms with Crippen LogP contribution in [0.4, 0.5) is 5.69 Å². The van der Waals surface area contributed by atoms with Crippen LogP contribution in [-0.2, 0) is 38.0 Å². The lowest BCUT2D eigenvalue weighted by Gasteiger charge is -2.35. The Bertz CT molecular complexity index is 1570. The summed E-state index contributed by atoms with van der Waals surface area (Å²) in [7, 11) is -3.86. The maximum Gasteiger partial charge on any atom is 0.244 e. The molecule has 1 saturated carbocycles. The van der Waals surface area contributed by atoms with Crippen molar-refractivity contribution in [3.05, 3.63) is 99.5 Å². The molecule has 0 bridgehead atoms. The molecule has 0 aliphatic heterocycles. The lowest BCUT2D eigenvalue weighted by atomic mass is 9.87. The minimum absolute atomic E-state index is 0.0281. The first-order valence-electron chi connectivity index (χ1n) is 15.4. The molecule has 1 atom stereocenters. The summed E-state index contributed by atoms with van der Waals surface area (Å²) in [5.74, 6) is -0.772. The first kappa shape index (κ1) is 34.8. The number of nitrogens with one attached hydrogen (secondary N) is 1. The lowest BCUT2D eigenvalue weighted by Crippen LogP contribution is -2.55. The fourth-order valence-electron chi connectivity index (χ4n) is 5.67. The van der Waals surface area contributed by atoms with Gasteiger partial charge in [-0.1, -0.05) is 112 Å². The maximum absolute atomic E-state index is 14.4. The summed E-state index contributed by atoms with van der Waals surface area (Å²) in [6, 6.07) is 20.9. The molecule has 0 saturated heterocycles. The van der Waals surface area contributed by atoms with Crippen LogP contribution in [0.2, 0.25) is 10.0 Å². The second-order valence-electron chi connectivity index (χ2n) is 12.9. The van der Waals surface area contributed by atoms with Crippen LogP contribution in [0, 0.1) is 0 Å². The molecule has 1 fully saturated rings. The van der Waals surface area contributed by atoms with Gasteiger partial charge in [0.25, 0.3) is 0 Å². The molecule has 1 aliphatic rings. The Labute approximate surface area is 278 Å². The van der Waals surface area contributed by atoms with Gasteiger partial charge in [0.1, 0.15) is 12.6 Å². The van der Waals surface area contributed by atoms with Crippen LogP contribution in [0.5, 0.6) is 0 Å². The van der Waals surface area contributed by atoms with Crippen molar-refractivity contribution < 1.29 is 18.0 Å². The zero-order chi connectivity index (χ0) is 32.8. The highest BCUT2D eigenvalue weighted by atomic mass is 35.5. The molecule has 4 rings (SSSR count). The van der Waals surface area contributed by atoms with Crippen molar-refractivity contribution in [3.8, 4) is 0 Å². The summed E-state index contributed by atoms with van der Waals surface area (Å²) in [5.41, 5.74) is 2.83. The molecule has 1 aliphatic carbocycles. The molecule has 45 heavy (non-hydrogen) atoms. The molecule has 0 spiro atoms. The lowest BCUT2D eigenvalue weighted by molar-refractivity contribution is -0.140. The van der Waals surface area contributed by atoms with E-state index in [4.69, 9.17) is 23.2 Å². The molecule has 7 nitrogen and oxygen atoms in total. The van der Waals surface area contributed by atoms with Crippen LogP contribution in [0.1, 0.15) is 69.6 Å². The average Bonchev–Trinajstić information content (AvgIpc) is 2.99. The minimum atomic E-state index is -3.86. The van der Waals surface area contributed by atoms with E-state index in [2.05, 4.69) is 26.1 Å². The van der Waals surface area contributed by atoms with Crippen LogP contribution in [0.3, 0.4) is 0 Å². The molecule has 0 aromatic heterocycles. The van der Waals surface area contributed by atoms with E-state index in [1.54, 1.807) is 30.3 Å². The van der Waals surface area contributed by atoms with Gasteiger partial charge in [-0.2, -0.15) is 0 Å². The second-order valence-corrected chi connectivity index (χ2v) is 15.6. The van der Waals surface area contributed by atoms with Crippen molar-refractivity contribution >= 4 is 50.7 Å². The Morgan fingerprint density at radius 3 is 2.11 bits per heavy atom.